The maximum absolute atomic E-state index is 13.5. The third kappa shape index (κ3) is 4.71. The molecule has 2 aromatic rings. The Bertz CT molecular complexity index is 732. The van der Waals surface area contributed by atoms with E-state index in [0.29, 0.717) is 13.0 Å². The summed E-state index contributed by atoms with van der Waals surface area (Å²) in [5, 5.41) is 3.39. The first-order valence-electron chi connectivity index (χ1n) is 8.40. The largest absolute Gasteiger partial charge is 0.368 e. The number of carbonyl (C=O) groups excluding carboxylic acids is 1. The van der Waals surface area contributed by atoms with Crippen LogP contribution in [0, 0.1) is 5.82 Å². The van der Waals surface area contributed by atoms with E-state index in [2.05, 4.69) is 15.1 Å². The highest BCUT2D eigenvalue weighted by molar-refractivity contribution is 6.33. The number of nitrogens with zero attached hydrogens (tertiary/aromatic N) is 2. The number of piperazine rings is 1. The lowest BCUT2D eigenvalue weighted by atomic mass is 10.2. The number of anilines is 2. The fraction of sp³-hybridized carbons (Fsp3) is 0.316. The van der Waals surface area contributed by atoms with Gasteiger partial charge in [0.2, 0.25) is 5.91 Å². The van der Waals surface area contributed by atoms with Crippen LogP contribution in [0.4, 0.5) is 15.8 Å². The molecule has 0 spiro atoms. The smallest absolute Gasteiger partial charge is 0.225 e. The van der Waals surface area contributed by atoms with Crippen LogP contribution < -0.4 is 10.2 Å². The summed E-state index contributed by atoms with van der Waals surface area (Å²) in [5.74, 6) is -0.581. The van der Waals surface area contributed by atoms with Gasteiger partial charge in [-0.3, -0.25) is 9.69 Å². The summed E-state index contributed by atoms with van der Waals surface area (Å²) < 4.78 is 13.5. The van der Waals surface area contributed by atoms with E-state index in [9.17, 15) is 9.18 Å². The number of benzene rings is 2. The van der Waals surface area contributed by atoms with Gasteiger partial charge < -0.3 is 10.2 Å². The molecule has 0 radical (unpaired) electrons. The lowest BCUT2D eigenvalue weighted by Crippen LogP contribution is -2.47. The average Bonchev–Trinajstić information content (AvgIpc) is 2.63. The average molecular weight is 362 g/mol. The van der Waals surface area contributed by atoms with Crippen LogP contribution in [0.2, 0.25) is 5.02 Å². The molecule has 6 heteroatoms. The molecule has 1 fully saturated rings. The number of para-hydroxylation sites is 2. The molecule has 0 aliphatic carbocycles. The van der Waals surface area contributed by atoms with Crippen molar-refractivity contribution in [1.29, 1.82) is 0 Å². The molecule has 0 aromatic heterocycles. The molecule has 1 amide bonds. The number of hydrogen-bond donors (Lipinski definition) is 1. The molecular weight excluding hydrogens is 341 g/mol. The number of rotatable bonds is 5. The zero-order valence-electron chi connectivity index (χ0n) is 13.9. The summed E-state index contributed by atoms with van der Waals surface area (Å²) in [5.41, 5.74) is 1.29. The van der Waals surface area contributed by atoms with Crippen molar-refractivity contribution in [3.8, 4) is 0 Å². The molecule has 1 aliphatic heterocycles. The van der Waals surface area contributed by atoms with E-state index in [1.165, 1.54) is 6.07 Å². The Labute approximate surface area is 152 Å². The molecular formula is C19H21ClFN3O. The highest BCUT2D eigenvalue weighted by Crippen LogP contribution is 2.26. The highest BCUT2D eigenvalue weighted by Gasteiger charge is 2.19. The minimum absolute atomic E-state index is 0.168. The van der Waals surface area contributed by atoms with Crippen LogP contribution in [0.15, 0.2) is 48.5 Å². The Kier molecular flexibility index (Phi) is 5.89. The van der Waals surface area contributed by atoms with Crippen LogP contribution in [0.25, 0.3) is 0 Å². The second kappa shape index (κ2) is 8.32. The van der Waals surface area contributed by atoms with Crippen molar-refractivity contribution in [1.82, 2.24) is 4.90 Å². The van der Waals surface area contributed by atoms with Crippen molar-refractivity contribution in [3.05, 3.63) is 59.4 Å². The van der Waals surface area contributed by atoms with Crippen molar-refractivity contribution in [3.63, 3.8) is 0 Å². The Morgan fingerprint density at radius 3 is 2.44 bits per heavy atom. The fourth-order valence-corrected chi connectivity index (χ4v) is 3.21. The minimum Gasteiger partial charge on any atom is -0.368 e. The van der Waals surface area contributed by atoms with Crippen molar-refractivity contribution in [2.24, 2.45) is 0 Å². The Morgan fingerprint density at radius 2 is 1.72 bits per heavy atom. The molecule has 132 valence electrons. The second-order valence-corrected chi connectivity index (χ2v) is 6.47. The standard InChI is InChI=1S/C19H21ClFN3O/c20-15-5-1-4-8-18(15)24-13-11-23(12-14-24)10-9-19(25)22-17-7-3-2-6-16(17)21/h1-8H,9-14H2,(H,22,25). The van der Waals surface area contributed by atoms with E-state index < -0.39 is 5.82 Å². The molecule has 1 saturated heterocycles. The molecule has 0 atom stereocenters. The zero-order chi connectivity index (χ0) is 17.6. The van der Waals surface area contributed by atoms with E-state index in [4.69, 9.17) is 11.6 Å². The lowest BCUT2D eigenvalue weighted by molar-refractivity contribution is -0.116. The van der Waals surface area contributed by atoms with Crippen molar-refractivity contribution < 1.29 is 9.18 Å². The second-order valence-electron chi connectivity index (χ2n) is 6.06. The molecule has 2 aromatic carbocycles. The first-order chi connectivity index (χ1) is 12.1. The lowest BCUT2D eigenvalue weighted by Gasteiger charge is -2.36. The van der Waals surface area contributed by atoms with E-state index in [0.717, 1.165) is 36.9 Å². The summed E-state index contributed by atoms with van der Waals surface area (Å²) in [6.45, 7) is 4.16. The molecule has 0 saturated carbocycles. The predicted octanol–water partition coefficient (Wildman–Crippen LogP) is 3.63. The first-order valence-corrected chi connectivity index (χ1v) is 8.77. The Hall–Kier alpha value is -2.11. The van der Waals surface area contributed by atoms with Gasteiger partial charge in [0.25, 0.3) is 0 Å². The van der Waals surface area contributed by atoms with Crippen molar-refractivity contribution in [2.75, 3.05) is 42.9 Å². The predicted molar refractivity (Wildman–Crippen MR) is 99.8 cm³/mol. The molecule has 1 heterocycles. The number of halogens is 2. The van der Waals surface area contributed by atoms with E-state index in [-0.39, 0.29) is 11.6 Å². The van der Waals surface area contributed by atoms with Gasteiger partial charge in [0.15, 0.2) is 0 Å². The highest BCUT2D eigenvalue weighted by atomic mass is 35.5. The molecule has 1 N–H and O–H groups in total. The van der Waals surface area contributed by atoms with E-state index >= 15 is 0 Å². The summed E-state index contributed by atoms with van der Waals surface area (Å²) in [4.78, 5) is 16.5. The van der Waals surface area contributed by atoms with Gasteiger partial charge in [-0.25, -0.2) is 4.39 Å². The minimum atomic E-state index is -0.413. The number of hydrogen-bond acceptors (Lipinski definition) is 3. The summed E-state index contributed by atoms with van der Waals surface area (Å²) >= 11 is 6.25. The summed E-state index contributed by atoms with van der Waals surface area (Å²) in [6.07, 6.45) is 0.348. The summed E-state index contributed by atoms with van der Waals surface area (Å²) in [7, 11) is 0. The number of carbonyl (C=O) groups is 1. The number of nitrogens with one attached hydrogen (secondary N) is 1. The van der Waals surface area contributed by atoms with Crippen LogP contribution in [-0.4, -0.2) is 43.5 Å². The molecule has 1 aliphatic rings. The van der Waals surface area contributed by atoms with Gasteiger partial charge in [-0.05, 0) is 24.3 Å². The Balaban J connectivity index is 1.44. The first kappa shape index (κ1) is 17.7. The van der Waals surface area contributed by atoms with Crippen LogP contribution in [0.1, 0.15) is 6.42 Å². The van der Waals surface area contributed by atoms with Gasteiger partial charge in [-0.15, -0.1) is 0 Å². The van der Waals surface area contributed by atoms with Gasteiger partial charge >= 0.3 is 0 Å². The van der Waals surface area contributed by atoms with Crippen molar-refractivity contribution >= 4 is 28.9 Å². The van der Waals surface area contributed by atoms with E-state index in [1.807, 2.05) is 24.3 Å². The van der Waals surface area contributed by atoms with Gasteiger partial charge in [-0.1, -0.05) is 35.9 Å². The maximum Gasteiger partial charge on any atom is 0.225 e. The van der Waals surface area contributed by atoms with Gasteiger partial charge in [0.1, 0.15) is 5.82 Å². The summed E-state index contributed by atoms with van der Waals surface area (Å²) in [6, 6.07) is 14.0. The van der Waals surface area contributed by atoms with Crippen molar-refractivity contribution in [2.45, 2.75) is 6.42 Å². The monoisotopic (exact) mass is 361 g/mol. The zero-order valence-corrected chi connectivity index (χ0v) is 14.7. The molecule has 0 unspecified atom stereocenters. The normalized spacial score (nSPS) is 15.2. The SMILES string of the molecule is O=C(CCN1CCN(c2ccccc2Cl)CC1)Nc1ccccc1F. The van der Waals surface area contributed by atoms with Crippen LogP contribution >= 0.6 is 11.6 Å². The van der Waals surface area contributed by atoms with E-state index in [1.54, 1.807) is 18.2 Å². The fourth-order valence-electron chi connectivity index (χ4n) is 2.96. The van der Waals surface area contributed by atoms with Gasteiger partial charge in [0.05, 0.1) is 16.4 Å². The molecule has 4 nitrogen and oxygen atoms in total. The maximum atomic E-state index is 13.5. The van der Waals surface area contributed by atoms with Crippen LogP contribution in [0.5, 0.6) is 0 Å². The third-order valence-electron chi connectivity index (χ3n) is 4.37. The molecule has 3 rings (SSSR count). The van der Waals surface area contributed by atoms with Gasteiger partial charge in [0, 0.05) is 39.1 Å². The molecule has 0 bridgehead atoms. The topological polar surface area (TPSA) is 35.6 Å². The third-order valence-corrected chi connectivity index (χ3v) is 4.69. The van der Waals surface area contributed by atoms with Gasteiger partial charge in [-0.2, -0.15) is 0 Å². The number of amides is 1. The molecule has 25 heavy (non-hydrogen) atoms. The Morgan fingerprint density at radius 1 is 1.04 bits per heavy atom. The quantitative estimate of drug-likeness (QED) is 0.883. The van der Waals surface area contributed by atoms with Crippen LogP contribution in [0.3, 0.4) is 0 Å². The van der Waals surface area contributed by atoms with Crippen LogP contribution in [-0.2, 0) is 4.79 Å².